The zero-order valence-electron chi connectivity index (χ0n) is 7.59. The third kappa shape index (κ3) is 2.20. The summed E-state index contributed by atoms with van der Waals surface area (Å²) in [5.41, 5.74) is 6.70. The molecule has 0 aliphatic heterocycles. The first-order chi connectivity index (χ1) is 6.25. The van der Waals surface area contributed by atoms with Crippen LogP contribution in [0.3, 0.4) is 0 Å². The van der Waals surface area contributed by atoms with E-state index in [9.17, 15) is 4.39 Å². The van der Waals surface area contributed by atoms with E-state index >= 15 is 0 Å². The average Bonchev–Trinajstić information content (AvgIpc) is 2.91. The zero-order chi connectivity index (χ0) is 9.26. The molecule has 1 aromatic rings. The summed E-state index contributed by atoms with van der Waals surface area (Å²) < 4.78 is 13.0. The van der Waals surface area contributed by atoms with Gasteiger partial charge in [0.05, 0.1) is 5.69 Å². The van der Waals surface area contributed by atoms with Crippen molar-refractivity contribution in [3.8, 4) is 0 Å². The minimum atomic E-state index is -0.284. The van der Waals surface area contributed by atoms with Gasteiger partial charge >= 0.3 is 0 Å². The monoisotopic (exact) mass is 179 g/mol. The molecule has 1 aromatic carbocycles. The Morgan fingerprint density at radius 3 is 2.77 bits per heavy atom. The number of nitrogen functional groups attached to an aromatic ring is 1. The molecule has 0 bridgehead atoms. The lowest BCUT2D eigenvalue weighted by Gasteiger charge is -2.01. The summed E-state index contributed by atoms with van der Waals surface area (Å²) in [4.78, 5) is 0. The van der Waals surface area contributed by atoms with E-state index < -0.39 is 0 Å². The molecule has 1 nitrogen and oxygen atoms in total. The van der Waals surface area contributed by atoms with Crippen LogP contribution in [0.15, 0.2) is 18.2 Å². The normalized spacial score (nSPS) is 16.1. The van der Waals surface area contributed by atoms with Gasteiger partial charge in [-0.3, -0.25) is 0 Å². The molecule has 1 aliphatic carbocycles. The fourth-order valence-corrected chi connectivity index (χ4v) is 1.50. The summed E-state index contributed by atoms with van der Waals surface area (Å²) >= 11 is 0. The van der Waals surface area contributed by atoms with Crippen LogP contribution in [0, 0.1) is 11.7 Å². The van der Waals surface area contributed by atoms with Gasteiger partial charge < -0.3 is 5.73 Å². The maximum atomic E-state index is 13.0. The first-order valence-electron chi connectivity index (χ1n) is 4.79. The van der Waals surface area contributed by atoms with Crippen molar-refractivity contribution in [3.05, 3.63) is 29.6 Å². The standard InChI is InChI=1S/C11H14FN/c12-10-7-9(5-6-11(10)13)4-3-8-1-2-8/h5-8H,1-4,13H2. The molecule has 1 fully saturated rings. The molecule has 2 heteroatoms. The third-order valence-corrected chi connectivity index (χ3v) is 2.60. The van der Waals surface area contributed by atoms with Crippen molar-refractivity contribution in [2.24, 2.45) is 5.92 Å². The Morgan fingerprint density at radius 1 is 1.38 bits per heavy atom. The second-order valence-corrected chi connectivity index (χ2v) is 3.84. The Kier molecular flexibility index (Phi) is 2.21. The third-order valence-electron chi connectivity index (χ3n) is 2.60. The minimum Gasteiger partial charge on any atom is -0.396 e. The van der Waals surface area contributed by atoms with E-state index in [0.29, 0.717) is 0 Å². The number of halogens is 1. The molecule has 0 saturated heterocycles. The van der Waals surface area contributed by atoms with Crippen LogP contribution >= 0.6 is 0 Å². The highest BCUT2D eigenvalue weighted by Gasteiger charge is 2.20. The van der Waals surface area contributed by atoms with Gasteiger partial charge in [0.2, 0.25) is 0 Å². The van der Waals surface area contributed by atoms with E-state index in [1.54, 1.807) is 12.1 Å². The lowest BCUT2D eigenvalue weighted by Crippen LogP contribution is -1.93. The van der Waals surface area contributed by atoms with Gasteiger partial charge in [0.1, 0.15) is 5.82 Å². The van der Waals surface area contributed by atoms with Gasteiger partial charge in [-0.05, 0) is 36.5 Å². The fourth-order valence-electron chi connectivity index (χ4n) is 1.50. The van der Waals surface area contributed by atoms with Crippen LogP contribution in [0.5, 0.6) is 0 Å². The molecule has 2 N–H and O–H groups in total. The Bertz CT molecular complexity index is 305. The van der Waals surface area contributed by atoms with Gasteiger partial charge in [-0.1, -0.05) is 18.9 Å². The predicted octanol–water partition coefficient (Wildman–Crippen LogP) is 2.75. The van der Waals surface area contributed by atoms with Crippen molar-refractivity contribution in [1.29, 1.82) is 0 Å². The Morgan fingerprint density at radius 2 is 2.15 bits per heavy atom. The quantitative estimate of drug-likeness (QED) is 0.709. The van der Waals surface area contributed by atoms with E-state index in [2.05, 4.69) is 0 Å². The molecule has 0 radical (unpaired) electrons. The highest BCUT2D eigenvalue weighted by Crippen LogP contribution is 2.33. The molecule has 70 valence electrons. The number of rotatable bonds is 3. The second kappa shape index (κ2) is 3.36. The Balaban J connectivity index is 1.98. The van der Waals surface area contributed by atoms with Crippen molar-refractivity contribution in [2.45, 2.75) is 25.7 Å². The van der Waals surface area contributed by atoms with Gasteiger partial charge in [-0.15, -0.1) is 0 Å². The average molecular weight is 179 g/mol. The van der Waals surface area contributed by atoms with Crippen molar-refractivity contribution < 1.29 is 4.39 Å². The highest BCUT2D eigenvalue weighted by atomic mass is 19.1. The smallest absolute Gasteiger partial charge is 0.146 e. The van der Waals surface area contributed by atoms with E-state index in [4.69, 9.17) is 5.73 Å². The predicted molar refractivity (Wildman–Crippen MR) is 51.9 cm³/mol. The maximum Gasteiger partial charge on any atom is 0.146 e. The minimum absolute atomic E-state index is 0.246. The molecule has 0 atom stereocenters. The first-order valence-corrected chi connectivity index (χ1v) is 4.79. The topological polar surface area (TPSA) is 26.0 Å². The van der Waals surface area contributed by atoms with Gasteiger partial charge in [0, 0.05) is 0 Å². The van der Waals surface area contributed by atoms with Crippen molar-refractivity contribution in [3.63, 3.8) is 0 Å². The summed E-state index contributed by atoms with van der Waals surface area (Å²) in [6.07, 6.45) is 4.90. The van der Waals surface area contributed by atoms with Crippen LogP contribution in [-0.2, 0) is 6.42 Å². The van der Waals surface area contributed by atoms with Crippen molar-refractivity contribution in [1.82, 2.24) is 0 Å². The van der Waals surface area contributed by atoms with Crippen LogP contribution in [0.25, 0.3) is 0 Å². The van der Waals surface area contributed by atoms with Gasteiger partial charge in [-0.25, -0.2) is 4.39 Å². The number of hydrogen-bond acceptors (Lipinski definition) is 1. The Hall–Kier alpha value is -1.05. The van der Waals surface area contributed by atoms with Crippen LogP contribution < -0.4 is 5.73 Å². The first kappa shape index (κ1) is 8.54. The molecule has 13 heavy (non-hydrogen) atoms. The molecular weight excluding hydrogens is 165 g/mol. The summed E-state index contributed by atoms with van der Waals surface area (Å²) in [5.74, 6) is 0.619. The molecule has 2 rings (SSSR count). The number of nitrogens with two attached hydrogens (primary N) is 1. The molecule has 1 saturated carbocycles. The number of aryl methyl sites for hydroxylation is 1. The number of benzene rings is 1. The van der Waals surface area contributed by atoms with Gasteiger partial charge in [0.15, 0.2) is 0 Å². The van der Waals surface area contributed by atoms with E-state index in [-0.39, 0.29) is 11.5 Å². The van der Waals surface area contributed by atoms with Crippen molar-refractivity contribution >= 4 is 5.69 Å². The summed E-state index contributed by atoms with van der Waals surface area (Å²) in [6, 6.07) is 5.12. The summed E-state index contributed by atoms with van der Waals surface area (Å²) in [7, 11) is 0. The number of anilines is 1. The summed E-state index contributed by atoms with van der Waals surface area (Å²) in [5, 5.41) is 0. The van der Waals surface area contributed by atoms with E-state index in [1.807, 2.05) is 6.07 Å². The molecule has 0 amide bonds. The van der Waals surface area contributed by atoms with Crippen LogP contribution in [0.2, 0.25) is 0 Å². The highest BCUT2D eigenvalue weighted by molar-refractivity contribution is 5.41. The fraction of sp³-hybridized carbons (Fsp3) is 0.455. The van der Waals surface area contributed by atoms with Gasteiger partial charge in [-0.2, -0.15) is 0 Å². The molecule has 0 unspecified atom stereocenters. The van der Waals surface area contributed by atoms with Crippen LogP contribution in [0.1, 0.15) is 24.8 Å². The van der Waals surface area contributed by atoms with Crippen LogP contribution in [-0.4, -0.2) is 0 Å². The van der Waals surface area contributed by atoms with Crippen molar-refractivity contribution in [2.75, 3.05) is 5.73 Å². The zero-order valence-corrected chi connectivity index (χ0v) is 7.59. The molecule has 0 aromatic heterocycles. The van der Waals surface area contributed by atoms with Crippen LogP contribution in [0.4, 0.5) is 10.1 Å². The second-order valence-electron chi connectivity index (χ2n) is 3.84. The largest absolute Gasteiger partial charge is 0.396 e. The SMILES string of the molecule is Nc1ccc(CCC2CC2)cc1F. The molecule has 0 heterocycles. The molecular formula is C11H14FN. The lowest BCUT2D eigenvalue weighted by molar-refractivity contribution is 0.627. The van der Waals surface area contributed by atoms with E-state index in [0.717, 1.165) is 17.9 Å². The maximum absolute atomic E-state index is 13.0. The molecule has 0 spiro atoms. The molecule has 1 aliphatic rings. The van der Waals surface area contributed by atoms with E-state index in [1.165, 1.54) is 19.3 Å². The lowest BCUT2D eigenvalue weighted by atomic mass is 10.1. The van der Waals surface area contributed by atoms with Gasteiger partial charge in [0.25, 0.3) is 0 Å². The summed E-state index contributed by atoms with van der Waals surface area (Å²) in [6.45, 7) is 0. The number of hydrogen-bond donors (Lipinski definition) is 1. The Labute approximate surface area is 77.8 Å².